The third-order valence-corrected chi connectivity index (χ3v) is 16.4. The Bertz CT molecular complexity index is 527. The fraction of sp³-hybridized carbons (Fsp3) is 1.00. The maximum absolute atomic E-state index is 2.89. The Morgan fingerprint density at radius 2 is 0.929 bits per heavy atom. The molecule has 10 atom stereocenters. The van der Waals surface area contributed by atoms with Gasteiger partial charge in [-0.25, -0.2) is 0 Å². The smallest absolute Gasteiger partial charge is 0.0689 e. The first-order valence-electron chi connectivity index (χ1n) is 12.3. The minimum absolute atomic E-state index is 0. The predicted molar refractivity (Wildman–Crippen MR) is 115 cm³/mol. The van der Waals surface area contributed by atoms with E-state index in [1.54, 1.807) is 38.5 Å². The summed E-state index contributed by atoms with van der Waals surface area (Å²) in [5.41, 5.74) is 2.88. The minimum Gasteiger partial charge on any atom is -0.0689 e. The van der Waals surface area contributed by atoms with Crippen LogP contribution in [0.4, 0.5) is 0 Å². The quantitative estimate of drug-likeness (QED) is 0.555. The summed E-state index contributed by atoms with van der Waals surface area (Å²) in [6.45, 7) is 16.7. The maximum Gasteiger partial charge on any atom is 1.00 e. The van der Waals surface area contributed by atoms with Crippen molar-refractivity contribution in [2.45, 2.75) is 103 Å². The molecular formula is C25H44Li2Si+2. The van der Waals surface area contributed by atoms with E-state index in [9.17, 15) is 0 Å². The fourth-order valence-corrected chi connectivity index (χ4v) is 17.8. The van der Waals surface area contributed by atoms with Crippen LogP contribution in [-0.4, -0.2) is 8.07 Å². The van der Waals surface area contributed by atoms with Crippen LogP contribution >= 0.6 is 0 Å². The van der Waals surface area contributed by atoms with Crippen LogP contribution < -0.4 is 37.7 Å². The third-order valence-electron chi connectivity index (χ3n) is 11.4. The summed E-state index contributed by atoms with van der Waals surface area (Å²) in [7, 11) is -1.24. The van der Waals surface area contributed by atoms with E-state index in [2.05, 4.69) is 40.8 Å². The summed E-state index contributed by atoms with van der Waals surface area (Å²) in [6.07, 6.45) is 12.4. The van der Waals surface area contributed by atoms with Crippen molar-refractivity contribution in [3.8, 4) is 0 Å². The van der Waals surface area contributed by atoms with Crippen molar-refractivity contribution in [1.82, 2.24) is 0 Å². The van der Waals surface area contributed by atoms with Gasteiger partial charge < -0.3 is 0 Å². The Labute approximate surface area is 200 Å². The zero-order valence-corrected chi connectivity index (χ0v) is 21.4. The van der Waals surface area contributed by atoms with Gasteiger partial charge in [0.1, 0.15) is 0 Å². The number of hydrogen-bond donors (Lipinski definition) is 0. The summed E-state index contributed by atoms with van der Waals surface area (Å²) in [6, 6.07) is 0. The Morgan fingerprint density at radius 1 is 0.607 bits per heavy atom. The maximum atomic E-state index is 2.89. The fourth-order valence-electron chi connectivity index (χ4n) is 11.0. The molecule has 5 rings (SSSR count). The SMILES string of the molecule is CC1C2CCCCC2C2C1C(C)(C)C1C(C)C3CCCCC3C1[Si]2(C)C.[Li+].[Li+]. The van der Waals surface area contributed by atoms with Crippen molar-refractivity contribution in [1.29, 1.82) is 0 Å². The summed E-state index contributed by atoms with van der Waals surface area (Å²) < 4.78 is 0. The summed E-state index contributed by atoms with van der Waals surface area (Å²) >= 11 is 0. The minimum atomic E-state index is -1.24. The van der Waals surface area contributed by atoms with E-state index < -0.39 is 8.07 Å². The number of hydrogen-bond acceptors (Lipinski definition) is 0. The zero-order chi connectivity index (χ0) is 18.4. The normalized spacial score (nSPS) is 52.9. The second kappa shape index (κ2) is 8.08. The molecule has 4 aliphatic carbocycles. The molecule has 0 N–H and O–H groups in total. The van der Waals surface area contributed by atoms with E-state index >= 15 is 0 Å². The average Bonchev–Trinajstić information content (AvgIpc) is 3.09. The van der Waals surface area contributed by atoms with Gasteiger partial charge in [-0.2, -0.15) is 0 Å². The first-order chi connectivity index (χ1) is 12.3. The molecule has 0 aromatic rings. The molecule has 0 nitrogen and oxygen atoms in total. The van der Waals surface area contributed by atoms with Gasteiger partial charge in [-0.1, -0.05) is 79.3 Å². The summed E-state index contributed by atoms with van der Waals surface area (Å²) in [5, 5.41) is 0. The summed E-state index contributed by atoms with van der Waals surface area (Å²) in [4.78, 5) is 0. The molecule has 1 saturated heterocycles. The number of fused-ring (bicyclic) bond motifs is 6. The largest absolute Gasteiger partial charge is 1.00 e. The van der Waals surface area contributed by atoms with E-state index in [0.29, 0.717) is 5.41 Å². The zero-order valence-electron chi connectivity index (χ0n) is 20.4. The van der Waals surface area contributed by atoms with Crippen LogP contribution in [0.5, 0.6) is 0 Å². The van der Waals surface area contributed by atoms with Crippen LogP contribution in [0, 0.1) is 52.8 Å². The molecule has 148 valence electrons. The van der Waals surface area contributed by atoms with Crippen LogP contribution in [-0.2, 0) is 0 Å². The first kappa shape index (κ1) is 24.1. The topological polar surface area (TPSA) is 0 Å². The van der Waals surface area contributed by atoms with Gasteiger partial charge in [-0.15, -0.1) is 0 Å². The van der Waals surface area contributed by atoms with E-state index in [4.69, 9.17) is 0 Å². The monoisotopic (exact) mass is 386 g/mol. The molecule has 0 bridgehead atoms. The molecule has 1 aliphatic heterocycles. The van der Waals surface area contributed by atoms with Crippen molar-refractivity contribution < 1.29 is 37.7 Å². The van der Waals surface area contributed by atoms with Gasteiger partial charge in [-0.3, -0.25) is 0 Å². The van der Waals surface area contributed by atoms with Crippen LogP contribution in [0.2, 0.25) is 24.2 Å². The molecule has 0 amide bonds. The molecule has 1 heterocycles. The Hall–Kier alpha value is 1.41. The van der Waals surface area contributed by atoms with Crippen molar-refractivity contribution >= 4 is 8.07 Å². The van der Waals surface area contributed by atoms with Gasteiger partial charge in [0.25, 0.3) is 0 Å². The second-order valence-corrected chi connectivity index (χ2v) is 17.7. The molecule has 0 radical (unpaired) electrons. The molecule has 5 aliphatic rings. The molecule has 0 spiro atoms. The average molecular weight is 387 g/mol. The van der Waals surface area contributed by atoms with Crippen LogP contribution in [0.1, 0.15) is 79.1 Å². The van der Waals surface area contributed by atoms with Crippen molar-refractivity contribution in [3.05, 3.63) is 0 Å². The molecule has 0 aromatic heterocycles. The molecule has 10 unspecified atom stereocenters. The molecule has 0 aromatic carbocycles. The Morgan fingerprint density at radius 3 is 1.29 bits per heavy atom. The van der Waals surface area contributed by atoms with Crippen LogP contribution in [0.15, 0.2) is 0 Å². The first-order valence-corrected chi connectivity index (χ1v) is 15.4. The number of rotatable bonds is 0. The van der Waals surface area contributed by atoms with Crippen LogP contribution in [0.25, 0.3) is 0 Å². The van der Waals surface area contributed by atoms with E-state index in [1.807, 2.05) is 0 Å². The van der Waals surface area contributed by atoms with Gasteiger partial charge in [0.15, 0.2) is 0 Å². The van der Waals surface area contributed by atoms with Crippen molar-refractivity contribution in [3.63, 3.8) is 0 Å². The van der Waals surface area contributed by atoms with Gasteiger partial charge in [0, 0.05) is 0 Å². The van der Waals surface area contributed by atoms with Crippen molar-refractivity contribution in [2.75, 3.05) is 0 Å². The van der Waals surface area contributed by atoms with Crippen LogP contribution in [0.3, 0.4) is 0 Å². The van der Waals surface area contributed by atoms with E-state index in [1.165, 1.54) is 12.8 Å². The van der Waals surface area contributed by atoms with Gasteiger partial charge in [-0.05, 0) is 76.7 Å². The summed E-state index contributed by atoms with van der Waals surface area (Å²) in [5.74, 6) is 8.49. The molecule has 4 saturated carbocycles. The van der Waals surface area contributed by atoms with Gasteiger partial charge in [0.05, 0.1) is 8.07 Å². The molecular weight excluding hydrogens is 342 g/mol. The standard InChI is InChI=1S/C25H44Si.2Li/c1-15-17-11-7-9-13-19(17)23-21(15)25(3,4)22-16(2)18-12-8-10-14-20(18)24(22)26(23,5)6;;/h15-24H,7-14H2,1-6H3;;/q;2*+1. The Kier molecular flexibility index (Phi) is 6.94. The van der Waals surface area contributed by atoms with E-state index in [0.717, 1.165) is 58.4 Å². The van der Waals surface area contributed by atoms with Gasteiger partial charge in [0.2, 0.25) is 0 Å². The molecule has 3 heteroatoms. The predicted octanol–water partition coefficient (Wildman–Crippen LogP) is 1.63. The molecule has 5 fully saturated rings. The molecule has 28 heavy (non-hydrogen) atoms. The van der Waals surface area contributed by atoms with Gasteiger partial charge >= 0.3 is 37.7 Å². The Balaban J connectivity index is 0.00000112. The third kappa shape index (κ3) is 3.03. The van der Waals surface area contributed by atoms with Crippen molar-refractivity contribution in [2.24, 2.45) is 52.8 Å². The van der Waals surface area contributed by atoms with E-state index in [-0.39, 0.29) is 37.7 Å². The second-order valence-electron chi connectivity index (χ2n) is 12.7.